The van der Waals surface area contributed by atoms with Crippen molar-refractivity contribution in [3.8, 4) is 11.5 Å². The summed E-state index contributed by atoms with van der Waals surface area (Å²) in [6, 6.07) is 18.5. The minimum Gasteiger partial charge on any atom is -0.493 e. The standard InChI is InChI=1S/C26H23FN2O4/c1-17-6-8-18(9-7-17)15-29-25(30)22(28-26(29)31)13-19-10-11-23(24(14-19)32-2)33-16-20-4-3-5-21(27)12-20/h3-14H,15-16H2,1-2H3,(H,28,31)/b22-13+. The highest BCUT2D eigenvalue weighted by molar-refractivity contribution is 6.13. The summed E-state index contributed by atoms with van der Waals surface area (Å²) < 4.78 is 24.5. The molecule has 1 fully saturated rings. The van der Waals surface area contributed by atoms with Gasteiger partial charge >= 0.3 is 6.03 Å². The van der Waals surface area contributed by atoms with Crippen LogP contribution >= 0.6 is 0 Å². The minimum absolute atomic E-state index is 0.178. The van der Waals surface area contributed by atoms with Crippen LogP contribution in [-0.2, 0) is 17.9 Å². The van der Waals surface area contributed by atoms with Gasteiger partial charge in [0.2, 0.25) is 0 Å². The van der Waals surface area contributed by atoms with Gasteiger partial charge in [0, 0.05) is 0 Å². The molecule has 6 nitrogen and oxygen atoms in total. The number of aryl methyl sites for hydroxylation is 1. The Bertz CT molecular complexity index is 1220. The Balaban J connectivity index is 1.48. The lowest BCUT2D eigenvalue weighted by atomic mass is 10.1. The number of urea groups is 1. The van der Waals surface area contributed by atoms with Crippen LogP contribution in [0.4, 0.5) is 9.18 Å². The van der Waals surface area contributed by atoms with Crippen molar-refractivity contribution < 1.29 is 23.5 Å². The maximum atomic E-state index is 13.4. The molecular weight excluding hydrogens is 423 g/mol. The first-order valence-corrected chi connectivity index (χ1v) is 10.4. The average Bonchev–Trinajstić information content (AvgIpc) is 3.06. The molecular formula is C26H23FN2O4. The molecule has 0 aromatic heterocycles. The fraction of sp³-hybridized carbons (Fsp3) is 0.154. The predicted octanol–water partition coefficient (Wildman–Crippen LogP) is 4.81. The third kappa shape index (κ3) is 5.20. The van der Waals surface area contributed by atoms with E-state index in [0.29, 0.717) is 22.6 Å². The number of carbonyl (C=O) groups excluding carboxylic acids is 2. The second-order valence-corrected chi connectivity index (χ2v) is 7.69. The van der Waals surface area contributed by atoms with E-state index in [4.69, 9.17) is 9.47 Å². The lowest BCUT2D eigenvalue weighted by molar-refractivity contribution is -0.123. The SMILES string of the molecule is COc1cc(/C=C2/NC(=O)N(Cc3ccc(C)cc3)C2=O)ccc1OCc1cccc(F)c1. The fourth-order valence-corrected chi connectivity index (χ4v) is 3.44. The molecule has 0 bridgehead atoms. The van der Waals surface area contributed by atoms with Crippen LogP contribution < -0.4 is 14.8 Å². The van der Waals surface area contributed by atoms with Gasteiger partial charge in [0.1, 0.15) is 18.1 Å². The molecule has 1 N–H and O–H groups in total. The molecule has 0 aliphatic carbocycles. The minimum atomic E-state index is -0.464. The number of methoxy groups -OCH3 is 1. The normalized spacial score (nSPS) is 14.5. The highest BCUT2D eigenvalue weighted by Gasteiger charge is 2.33. The quantitative estimate of drug-likeness (QED) is 0.418. The van der Waals surface area contributed by atoms with E-state index in [1.807, 2.05) is 31.2 Å². The van der Waals surface area contributed by atoms with Crippen LogP contribution in [0.5, 0.6) is 11.5 Å². The van der Waals surface area contributed by atoms with E-state index in [-0.39, 0.29) is 24.7 Å². The first-order chi connectivity index (χ1) is 15.9. The monoisotopic (exact) mass is 446 g/mol. The van der Waals surface area contributed by atoms with Crippen LogP contribution in [0.2, 0.25) is 0 Å². The molecule has 0 saturated carbocycles. The molecule has 168 valence electrons. The molecule has 7 heteroatoms. The number of nitrogens with one attached hydrogen (secondary N) is 1. The van der Waals surface area contributed by atoms with Crippen molar-refractivity contribution in [3.63, 3.8) is 0 Å². The summed E-state index contributed by atoms with van der Waals surface area (Å²) in [5.74, 6) is 0.205. The summed E-state index contributed by atoms with van der Waals surface area (Å²) in [6.07, 6.45) is 1.59. The molecule has 0 unspecified atom stereocenters. The Morgan fingerprint density at radius 3 is 2.48 bits per heavy atom. The van der Waals surface area contributed by atoms with Gasteiger partial charge < -0.3 is 14.8 Å². The van der Waals surface area contributed by atoms with Gasteiger partial charge in [0.25, 0.3) is 5.91 Å². The second-order valence-electron chi connectivity index (χ2n) is 7.69. The van der Waals surface area contributed by atoms with Crippen molar-refractivity contribution in [3.05, 3.63) is 100 Å². The van der Waals surface area contributed by atoms with Gasteiger partial charge in [-0.05, 0) is 54.0 Å². The molecule has 0 spiro atoms. The fourth-order valence-electron chi connectivity index (χ4n) is 3.44. The number of hydrogen-bond donors (Lipinski definition) is 1. The van der Waals surface area contributed by atoms with Crippen molar-refractivity contribution in [2.75, 3.05) is 7.11 Å². The van der Waals surface area contributed by atoms with E-state index in [1.54, 1.807) is 36.4 Å². The Hall–Kier alpha value is -4.13. The van der Waals surface area contributed by atoms with Crippen molar-refractivity contribution >= 4 is 18.0 Å². The predicted molar refractivity (Wildman–Crippen MR) is 122 cm³/mol. The smallest absolute Gasteiger partial charge is 0.329 e. The van der Waals surface area contributed by atoms with Gasteiger partial charge in [-0.15, -0.1) is 0 Å². The topological polar surface area (TPSA) is 67.9 Å². The summed E-state index contributed by atoms with van der Waals surface area (Å²) in [5, 5.41) is 2.63. The molecule has 4 rings (SSSR count). The van der Waals surface area contributed by atoms with Crippen LogP contribution in [0, 0.1) is 12.7 Å². The maximum Gasteiger partial charge on any atom is 0.329 e. The molecule has 3 aromatic carbocycles. The van der Waals surface area contributed by atoms with Gasteiger partial charge in [-0.3, -0.25) is 9.69 Å². The van der Waals surface area contributed by atoms with Crippen LogP contribution in [0.25, 0.3) is 6.08 Å². The number of rotatable bonds is 7. The first-order valence-electron chi connectivity index (χ1n) is 10.4. The molecule has 3 aromatic rings. The Labute approximate surface area is 191 Å². The van der Waals surface area contributed by atoms with E-state index < -0.39 is 11.9 Å². The second kappa shape index (κ2) is 9.56. The number of benzene rings is 3. The number of ether oxygens (including phenoxy) is 2. The summed E-state index contributed by atoms with van der Waals surface area (Å²) in [7, 11) is 1.51. The number of nitrogens with zero attached hydrogens (tertiary/aromatic N) is 1. The average molecular weight is 446 g/mol. The van der Waals surface area contributed by atoms with E-state index in [2.05, 4.69) is 5.32 Å². The van der Waals surface area contributed by atoms with E-state index in [0.717, 1.165) is 11.1 Å². The van der Waals surface area contributed by atoms with Crippen LogP contribution in [-0.4, -0.2) is 23.9 Å². The highest BCUT2D eigenvalue weighted by atomic mass is 19.1. The third-order valence-electron chi connectivity index (χ3n) is 5.21. The summed E-state index contributed by atoms with van der Waals surface area (Å²) in [6.45, 7) is 2.35. The van der Waals surface area contributed by atoms with E-state index >= 15 is 0 Å². The zero-order valence-electron chi connectivity index (χ0n) is 18.3. The van der Waals surface area contributed by atoms with Gasteiger partial charge in [0.15, 0.2) is 11.5 Å². The van der Waals surface area contributed by atoms with Gasteiger partial charge in [-0.25, -0.2) is 9.18 Å². The Kier molecular flexibility index (Phi) is 6.40. The molecule has 1 aliphatic heterocycles. The molecule has 3 amide bonds. The third-order valence-corrected chi connectivity index (χ3v) is 5.21. The van der Waals surface area contributed by atoms with Crippen molar-refractivity contribution in [1.29, 1.82) is 0 Å². The van der Waals surface area contributed by atoms with Gasteiger partial charge in [0.05, 0.1) is 13.7 Å². The Morgan fingerprint density at radius 1 is 0.970 bits per heavy atom. The lowest BCUT2D eigenvalue weighted by Gasteiger charge is -2.12. The molecule has 1 saturated heterocycles. The Morgan fingerprint density at radius 2 is 1.76 bits per heavy atom. The number of carbonyl (C=O) groups is 2. The van der Waals surface area contributed by atoms with Crippen LogP contribution in [0.15, 0.2) is 72.4 Å². The highest BCUT2D eigenvalue weighted by Crippen LogP contribution is 2.30. The number of amides is 3. The number of halogens is 1. The van der Waals surface area contributed by atoms with E-state index in [9.17, 15) is 14.0 Å². The maximum absolute atomic E-state index is 13.4. The molecule has 0 radical (unpaired) electrons. The zero-order chi connectivity index (χ0) is 23.4. The number of imide groups is 1. The van der Waals surface area contributed by atoms with Crippen molar-refractivity contribution in [1.82, 2.24) is 10.2 Å². The molecule has 33 heavy (non-hydrogen) atoms. The van der Waals surface area contributed by atoms with Gasteiger partial charge in [-0.2, -0.15) is 0 Å². The summed E-state index contributed by atoms with van der Waals surface area (Å²) in [5.41, 5.74) is 3.50. The van der Waals surface area contributed by atoms with Crippen LogP contribution in [0.1, 0.15) is 22.3 Å². The zero-order valence-corrected chi connectivity index (χ0v) is 18.3. The largest absolute Gasteiger partial charge is 0.493 e. The molecule has 0 atom stereocenters. The lowest BCUT2D eigenvalue weighted by Crippen LogP contribution is -2.30. The molecule has 1 aliphatic rings. The van der Waals surface area contributed by atoms with Crippen LogP contribution in [0.3, 0.4) is 0 Å². The first kappa shape index (κ1) is 22.1. The van der Waals surface area contributed by atoms with Gasteiger partial charge in [-0.1, -0.05) is 48.0 Å². The number of hydrogen-bond acceptors (Lipinski definition) is 4. The van der Waals surface area contributed by atoms with E-state index in [1.165, 1.54) is 24.1 Å². The van der Waals surface area contributed by atoms with Crippen molar-refractivity contribution in [2.24, 2.45) is 0 Å². The summed E-state index contributed by atoms with van der Waals surface area (Å²) in [4.78, 5) is 26.3. The van der Waals surface area contributed by atoms with Crippen molar-refractivity contribution in [2.45, 2.75) is 20.1 Å². The molecule has 1 heterocycles. The summed E-state index contributed by atoms with van der Waals surface area (Å²) >= 11 is 0.